The number of carbonyl (C=O) groups excluding carboxylic acids is 2. The van der Waals surface area contributed by atoms with Crippen LogP contribution in [0.5, 0.6) is 0 Å². The van der Waals surface area contributed by atoms with Crippen molar-refractivity contribution in [1.82, 2.24) is 4.90 Å². The molecule has 2 aliphatic heterocycles. The molecular weight excluding hydrogens is 508 g/mol. The lowest BCUT2D eigenvalue weighted by atomic mass is 10.0. The van der Waals surface area contributed by atoms with Crippen LogP contribution in [0, 0.1) is 0 Å². The zero-order valence-electron chi connectivity index (χ0n) is 21.6. The lowest BCUT2D eigenvalue weighted by molar-refractivity contribution is 0.0652. The molecule has 0 saturated carbocycles. The summed E-state index contributed by atoms with van der Waals surface area (Å²) in [5.41, 5.74) is 6.83. The van der Waals surface area contributed by atoms with E-state index in [4.69, 9.17) is 16.3 Å². The average molecular weight is 537 g/mol. The molecule has 3 aliphatic rings. The Morgan fingerprint density at radius 2 is 1.49 bits per heavy atom. The highest BCUT2D eigenvalue weighted by Crippen LogP contribution is 2.38. The third-order valence-electron chi connectivity index (χ3n) is 7.48. The van der Waals surface area contributed by atoms with Gasteiger partial charge in [-0.3, -0.25) is 14.5 Å². The standard InChI is InChI=1S/C33H29ClN2O3/c34-26-15-14-24-12-13-25-20-27(39-22-23-8-2-1-3-9-23)16-17-30(25)35(31(24)21-26)18-6-7-19-36-32(37)28-10-4-5-11-29(28)33(36)38/h1-5,8-11,13-17,21H,6-7,12,18-20,22H2. The smallest absolute Gasteiger partial charge is 0.261 e. The van der Waals surface area contributed by atoms with E-state index in [0.717, 1.165) is 48.5 Å². The predicted molar refractivity (Wildman–Crippen MR) is 154 cm³/mol. The highest BCUT2D eigenvalue weighted by molar-refractivity contribution is 6.30. The second kappa shape index (κ2) is 11.0. The van der Waals surface area contributed by atoms with Crippen LogP contribution in [0.25, 0.3) is 0 Å². The van der Waals surface area contributed by atoms with Gasteiger partial charge in [-0.2, -0.15) is 0 Å². The first-order chi connectivity index (χ1) is 19.1. The van der Waals surface area contributed by atoms with Crippen molar-refractivity contribution in [3.8, 4) is 0 Å². The van der Waals surface area contributed by atoms with Crippen LogP contribution in [0.2, 0.25) is 5.02 Å². The van der Waals surface area contributed by atoms with E-state index in [1.165, 1.54) is 16.0 Å². The van der Waals surface area contributed by atoms with E-state index >= 15 is 0 Å². The molecule has 3 aromatic carbocycles. The third-order valence-corrected chi connectivity index (χ3v) is 7.71. The normalized spacial score (nSPS) is 16.1. The number of benzene rings is 3. The molecule has 0 bridgehead atoms. The van der Waals surface area contributed by atoms with E-state index in [1.807, 2.05) is 30.3 Å². The van der Waals surface area contributed by atoms with Crippen molar-refractivity contribution in [3.63, 3.8) is 0 Å². The minimum atomic E-state index is -0.198. The second-order valence-corrected chi connectivity index (χ2v) is 10.4. The van der Waals surface area contributed by atoms with Crippen molar-refractivity contribution < 1.29 is 14.3 Å². The third kappa shape index (κ3) is 5.15. The van der Waals surface area contributed by atoms with Gasteiger partial charge in [-0.25, -0.2) is 0 Å². The van der Waals surface area contributed by atoms with Gasteiger partial charge in [0.25, 0.3) is 11.8 Å². The molecule has 2 amide bonds. The molecule has 6 heteroatoms. The summed E-state index contributed by atoms with van der Waals surface area (Å²) in [6.07, 6.45) is 9.56. The number of unbranched alkanes of at least 4 members (excludes halogenated alkanes) is 1. The highest BCUT2D eigenvalue weighted by Gasteiger charge is 2.34. The zero-order valence-corrected chi connectivity index (χ0v) is 22.4. The number of anilines is 1. The molecule has 0 atom stereocenters. The molecule has 0 spiro atoms. The molecule has 0 saturated heterocycles. The number of allylic oxidation sites excluding steroid dienone is 5. The average Bonchev–Trinajstić information content (AvgIpc) is 3.11. The number of rotatable bonds is 8. The Bertz CT molecular complexity index is 1490. The van der Waals surface area contributed by atoms with Crippen LogP contribution in [-0.2, 0) is 17.8 Å². The molecule has 196 valence electrons. The fourth-order valence-electron chi connectivity index (χ4n) is 5.45. The summed E-state index contributed by atoms with van der Waals surface area (Å²) < 4.78 is 6.16. The molecule has 0 radical (unpaired) electrons. The molecule has 0 fully saturated rings. The Labute approximate surface area is 233 Å². The highest BCUT2D eigenvalue weighted by atomic mass is 35.5. The fourth-order valence-corrected chi connectivity index (χ4v) is 5.62. The number of carbonyl (C=O) groups is 2. The molecule has 6 rings (SSSR count). The van der Waals surface area contributed by atoms with Crippen LogP contribution in [0.3, 0.4) is 0 Å². The summed E-state index contributed by atoms with van der Waals surface area (Å²) in [5.74, 6) is 0.551. The summed E-state index contributed by atoms with van der Waals surface area (Å²) in [7, 11) is 0. The number of halogens is 1. The molecule has 2 heterocycles. The zero-order chi connectivity index (χ0) is 26.8. The van der Waals surface area contributed by atoms with Crippen LogP contribution >= 0.6 is 11.6 Å². The largest absolute Gasteiger partial charge is 0.493 e. The quantitative estimate of drug-likeness (QED) is 0.228. The number of amides is 2. The van der Waals surface area contributed by atoms with E-state index in [0.29, 0.717) is 35.7 Å². The van der Waals surface area contributed by atoms with Crippen molar-refractivity contribution >= 4 is 29.1 Å². The van der Waals surface area contributed by atoms with Crippen molar-refractivity contribution in [3.05, 3.63) is 135 Å². The van der Waals surface area contributed by atoms with Gasteiger partial charge >= 0.3 is 0 Å². The van der Waals surface area contributed by atoms with E-state index in [-0.39, 0.29) is 11.8 Å². The number of nitrogens with zero attached hydrogens (tertiary/aromatic N) is 2. The Morgan fingerprint density at radius 1 is 0.795 bits per heavy atom. The summed E-state index contributed by atoms with van der Waals surface area (Å²) >= 11 is 6.44. The second-order valence-electron chi connectivity index (χ2n) is 10.0. The topological polar surface area (TPSA) is 49.9 Å². The molecule has 0 unspecified atom stereocenters. The number of ether oxygens (including phenoxy) is 1. The molecular formula is C33H29ClN2O3. The van der Waals surface area contributed by atoms with Gasteiger partial charge in [-0.05, 0) is 72.4 Å². The van der Waals surface area contributed by atoms with Gasteiger partial charge in [-0.1, -0.05) is 66.2 Å². The summed E-state index contributed by atoms with van der Waals surface area (Å²) in [4.78, 5) is 29.2. The van der Waals surface area contributed by atoms with Crippen LogP contribution in [0.4, 0.5) is 5.69 Å². The van der Waals surface area contributed by atoms with Gasteiger partial charge < -0.3 is 9.64 Å². The molecule has 5 nitrogen and oxygen atoms in total. The summed E-state index contributed by atoms with van der Waals surface area (Å²) in [6, 6.07) is 23.3. The first-order valence-corrected chi connectivity index (χ1v) is 13.7. The Balaban J connectivity index is 1.17. The van der Waals surface area contributed by atoms with Crippen molar-refractivity contribution in [2.45, 2.75) is 32.3 Å². The molecule has 1 aliphatic carbocycles. The number of fused-ring (bicyclic) bond motifs is 3. The van der Waals surface area contributed by atoms with Gasteiger partial charge in [0.05, 0.1) is 11.1 Å². The molecule has 3 aromatic rings. The SMILES string of the molecule is O=C1c2ccccc2C(=O)N1CCCCN1C2=CC=C(OCc3ccccc3)CC2=CCc2ccc(Cl)cc21. The minimum Gasteiger partial charge on any atom is -0.493 e. The van der Waals surface area contributed by atoms with Gasteiger partial charge in [0, 0.05) is 35.9 Å². The Morgan fingerprint density at radius 3 is 2.23 bits per heavy atom. The van der Waals surface area contributed by atoms with Crippen LogP contribution in [0.15, 0.2) is 108 Å². The fraction of sp³-hybridized carbons (Fsp3) is 0.212. The lowest BCUT2D eigenvalue weighted by Crippen LogP contribution is -2.32. The maximum atomic E-state index is 12.8. The van der Waals surface area contributed by atoms with Crippen LogP contribution in [-0.4, -0.2) is 29.8 Å². The van der Waals surface area contributed by atoms with Gasteiger partial charge in [-0.15, -0.1) is 0 Å². The van der Waals surface area contributed by atoms with Crippen LogP contribution in [0.1, 0.15) is 51.1 Å². The van der Waals surface area contributed by atoms with Gasteiger partial charge in [0.1, 0.15) is 12.4 Å². The first-order valence-electron chi connectivity index (χ1n) is 13.4. The Kier molecular flexibility index (Phi) is 7.08. The number of hydrogen-bond acceptors (Lipinski definition) is 4. The van der Waals surface area contributed by atoms with Crippen molar-refractivity contribution in [2.24, 2.45) is 0 Å². The molecule has 0 aromatic heterocycles. The van der Waals surface area contributed by atoms with Crippen LogP contribution < -0.4 is 4.90 Å². The van der Waals surface area contributed by atoms with Crippen molar-refractivity contribution in [2.75, 3.05) is 18.0 Å². The minimum absolute atomic E-state index is 0.198. The Hall–Kier alpha value is -4.09. The summed E-state index contributed by atoms with van der Waals surface area (Å²) in [6.45, 7) is 1.69. The maximum Gasteiger partial charge on any atom is 0.261 e. The van der Waals surface area contributed by atoms with E-state index in [9.17, 15) is 9.59 Å². The first kappa shape index (κ1) is 25.2. The van der Waals surface area contributed by atoms with E-state index < -0.39 is 0 Å². The molecule has 39 heavy (non-hydrogen) atoms. The summed E-state index contributed by atoms with van der Waals surface area (Å²) in [5, 5.41) is 0.701. The molecule has 0 N–H and O–H groups in total. The maximum absolute atomic E-state index is 12.8. The number of hydrogen-bond donors (Lipinski definition) is 0. The van der Waals surface area contributed by atoms with E-state index in [1.54, 1.807) is 24.3 Å². The van der Waals surface area contributed by atoms with Crippen molar-refractivity contribution in [1.29, 1.82) is 0 Å². The number of imide groups is 1. The lowest BCUT2D eigenvalue weighted by Gasteiger charge is -2.31. The van der Waals surface area contributed by atoms with Gasteiger partial charge in [0.15, 0.2) is 0 Å². The van der Waals surface area contributed by atoms with Gasteiger partial charge in [0.2, 0.25) is 0 Å². The monoisotopic (exact) mass is 536 g/mol. The predicted octanol–water partition coefficient (Wildman–Crippen LogP) is 7.09. The van der Waals surface area contributed by atoms with E-state index in [2.05, 4.69) is 41.3 Å².